The van der Waals surface area contributed by atoms with Crippen LogP contribution in [0.4, 0.5) is 0 Å². The van der Waals surface area contributed by atoms with Crippen LogP contribution in [-0.4, -0.2) is 22.9 Å². The molecule has 3 N–H and O–H groups in total. The second kappa shape index (κ2) is 5.61. The first-order valence-electron chi connectivity index (χ1n) is 4.07. The number of carboxylic acid groups (broad SMARTS) is 1. The van der Waals surface area contributed by atoms with Gasteiger partial charge in [-0.1, -0.05) is 23.2 Å². The van der Waals surface area contributed by atoms with Gasteiger partial charge >= 0.3 is 5.97 Å². The molecule has 0 aliphatic heterocycles. The summed E-state index contributed by atoms with van der Waals surface area (Å²) in [5.41, 5.74) is 5.35. The molecule has 0 saturated heterocycles. The monoisotopic (exact) mass is 265 g/mol. The number of carboxylic acids is 1. The summed E-state index contributed by atoms with van der Waals surface area (Å²) >= 11 is 12.9. The van der Waals surface area contributed by atoms with Crippen molar-refractivity contribution in [2.45, 2.75) is 10.9 Å². The Bertz CT molecular complexity index is 373. The molecule has 0 radical (unpaired) electrons. The fraction of sp³-hybridized carbons (Fsp3) is 0.222. The maximum atomic E-state index is 10.5. The molecular weight excluding hydrogens is 257 g/mol. The second-order valence-electron chi connectivity index (χ2n) is 2.83. The Morgan fingerprint density at radius 2 is 2.20 bits per heavy atom. The Labute approximate surface area is 102 Å². The highest BCUT2D eigenvalue weighted by atomic mass is 35.5. The van der Waals surface area contributed by atoms with Gasteiger partial charge in [-0.15, -0.1) is 11.8 Å². The van der Waals surface area contributed by atoms with Crippen LogP contribution in [0.2, 0.25) is 10.0 Å². The number of halogens is 2. The van der Waals surface area contributed by atoms with E-state index >= 15 is 0 Å². The van der Waals surface area contributed by atoms with E-state index in [1.54, 1.807) is 18.2 Å². The predicted octanol–water partition coefficient (Wildman–Crippen LogP) is 2.50. The van der Waals surface area contributed by atoms with Crippen LogP contribution in [0.15, 0.2) is 23.1 Å². The van der Waals surface area contributed by atoms with E-state index < -0.39 is 12.0 Å². The summed E-state index contributed by atoms with van der Waals surface area (Å²) in [7, 11) is 0. The number of nitrogens with two attached hydrogens (primary N) is 1. The highest BCUT2D eigenvalue weighted by molar-refractivity contribution is 7.99. The zero-order valence-corrected chi connectivity index (χ0v) is 9.94. The van der Waals surface area contributed by atoms with Crippen molar-refractivity contribution >= 4 is 40.9 Å². The number of hydrogen-bond acceptors (Lipinski definition) is 3. The van der Waals surface area contributed by atoms with Crippen LogP contribution < -0.4 is 5.73 Å². The van der Waals surface area contributed by atoms with Crippen molar-refractivity contribution in [1.29, 1.82) is 0 Å². The van der Waals surface area contributed by atoms with E-state index in [2.05, 4.69) is 0 Å². The number of thioether (sulfide) groups is 1. The van der Waals surface area contributed by atoms with Crippen molar-refractivity contribution in [3.63, 3.8) is 0 Å². The van der Waals surface area contributed by atoms with Gasteiger partial charge in [-0.2, -0.15) is 0 Å². The van der Waals surface area contributed by atoms with Crippen LogP contribution in [0.5, 0.6) is 0 Å². The Balaban J connectivity index is 2.62. The maximum absolute atomic E-state index is 10.5. The van der Waals surface area contributed by atoms with Gasteiger partial charge in [-0.05, 0) is 18.2 Å². The van der Waals surface area contributed by atoms with Gasteiger partial charge in [0.1, 0.15) is 6.04 Å². The van der Waals surface area contributed by atoms with E-state index in [0.29, 0.717) is 10.0 Å². The highest BCUT2D eigenvalue weighted by Crippen LogP contribution is 2.29. The normalized spacial score (nSPS) is 12.5. The molecule has 0 spiro atoms. The first-order chi connectivity index (χ1) is 7.00. The molecule has 0 aliphatic rings. The van der Waals surface area contributed by atoms with E-state index in [4.69, 9.17) is 34.0 Å². The molecule has 3 nitrogen and oxygen atoms in total. The summed E-state index contributed by atoms with van der Waals surface area (Å²) in [4.78, 5) is 11.2. The van der Waals surface area contributed by atoms with Crippen molar-refractivity contribution in [3.05, 3.63) is 28.2 Å². The lowest BCUT2D eigenvalue weighted by Crippen LogP contribution is -2.32. The van der Waals surface area contributed by atoms with Crippen LogP contribution in [0, 0.1) is 0 Å². The predicted molar refractivity (Wildman–Crippen MR) is 62.8 cm³/mol. The van der Waals surface area contributed by atoms with Crippen LogP contribution in [0.25, 0.3) is 0 Å². The lowest BCUT2D eigenvalue weighted by Gasteiger charge is -2.07. The Morgan fingerprint density at radius 1 is 1.53 bits per heavy atom. The highest BCUT2D eigenvalue weighted by Gasteiger charge is 2.12. The fourth-order valence-corrected chi connectivity index (χ4v) is 2.28. The Morgan fingerprint density at radius 3 is 2.73 bits per heavy atom. The van der Waals surface area contributed by atoms with Crippen molar-refractivity contribution in [2.75, 3.05) is 5.75 Å². The third kappa shape index (κ3) is 3.91. The minimum atomic E-state index is -1.02. The number of aliphatic carboxylic acids is 1. The average molecular weight is 266 g/mol. The van der Waals surface area contributed by atoms with Gasteiger partial charge in [0, 0.05) is 15.7 Å². The zero-order chi connectivity index (χ0) is 11.4. The quantitative estimate of drug-likeness (QED) is 0.822. The Hall–Kier alpha value is -0.420. The van der Waals surface area contributed by atoms with Crippen LogP contribution in [-0.2, 0) is 4.79 Å². The van der Waals surface area contributed by atoms with E-state index in [0.717, 1.165) is 4.90 Å². The molecule has 82 valence electrons. The molecule has 1 aromatic rings. The van der Waals surface area contributed by atoms with Gasteiger partial charge in [0.25, 0.3) is 0 Å². The smallest absolute Gasteiger partial charge is 0.321 e. The van der Waals surface area contributed by atoms with Crippen molar-refractivity contribution in [3.8, 4) is 0 Å². The van der Waals surface area contributed by atoms with E-state index in [1.165, 1.54) is 11.8 Å². The summed E-state index contributed by atoms with van der Waals surface area (Å²) < 4.78 is 0. The van der Waals surface area contributed by atoms with E-state index in [-0.39, 0.29) is 5.75 Å². The number of hydrogen-bond donors (Lipinski definition) is 2. The lowest BCUT2D eigenvalue weighted by atomic mass is 10.4. The lowest BCUT2D eigenvalue weighted by molar-refractivity contribution is -0.137. The van der Waals surface area contributed by atoms with Gasteiger partial charge in [0.2, 0.25) is 0 Å². The third-order valence-corrected chi connectivity index (χ3v) is 3.48. The number of carbonyl (C=O) groups is 1. The summed E-state index contributed by atoms with van der Waals surface area (Å²) in [5.74, 6) is -0.746. The second-order valence-corrected chi connectivity index (χ2v) is 4.74. The molecule has 0 bridgehead atoms. The maximum Gasteiger partial charge on any atom is 0.321 e. The largest absolute Gasteiger partial charge is 0.480 e. The minimum Gasteiger partial charge on any atom is -0.480 e. The average Bonchev–Trinajstić information content (AvgIpc) is 2.15. The summed E-state index contributed by atoms with van der Waals surface area (Å²) in [5, 5.41) is 9.63. The molecule has 0 aromatic heterocycles. The standard InChI is InChI=1S/C9H9Cl2NO2S/c10-5-1-2-8(6(11)3-5)15-4-7(12)9(13)14/h1-3,7H,4,12H2,(H,13,14)/t7-/m0/s1. The number of rotatable bonds is 4. The molecule has 1 aromatic carbocycles. The third-order valence-electron chi connectivity index (χ3n) is 1.63. The molecule has 6 heteroatoms. The molecule has 1 rings (SSSR count). The van der Waals surface area contributed by atoms with Gasteiger partial charge in [-0.3, -0.25) is 4.79 Å². The van der Waals surface area contributed by atoms with Gasteiger partial charge < -0.3 is 10.8 Å². The van der Waals surface area contributed by atoms with Crippen LogP contribution in [0.3, 0.4) is 0 Å². The molecule has 0 heterocycles. The Kier molecular flexibility index (Phi) is 4.73. The van der Waals surface area contributed by atoms with E-state index in [1.807, 2.05) is 0 Å². The molecule has 0 amide bonds. The van der Waals surface area contributed by atoms with Gasteiger partial charge in [0.15, 0.2) is 0 Å². The summed E-state index contributed by atoms with van der Waals surface area (Å²) in [6, 6.07) is 4.16. The van der Waals surface area contributed by atoms with Crippen LogP contribution >= 0.6 is 35.0 Å². The molecule has 0 saturated carbocycles. The number of benzene rings is 1. The van der Waals surface area contributed by atoms with Crippen molar-refractivity contribution in [2.24, 2.45) is 5.73 Å². The summed E-state index contributed by atoms with van der Waals surface area (Å²) in [6.07, 6.45) is 0. The fourth-order valence-electron chi connectivity index (χ4n) is 0.843. The molecule has 0 fully saturated rings. The topological polar surface area (TPSA) is 63.3 Å². The van der Waals surface area contributed by atoms with Crippen LogP contribution in [0.1, 0.15) is 0 Å². The van der Waals surface area contributed by atoms with E-state index in [9.17, 15) is 4.79 Å². The molecule has 1 atom stereocenters. The summed E-state index contributed by atoms with van der Waals surface area (Å²) in [6.45, 7) is 0. The van der Waals surface area contributed by atoms with Gasteiger partial charge in [-0.25, -0.2) is 0 Å². The molecule has 15 heavy (non-hydrogen) atoms. The molecule has 0 unspecified atom stereocenters. The molecular formula is C9H9Cl2NO2S. The molecule has 0 aliphatic carbocycles. The van der Waals surface area contributed by atoms with Gasteiger partial charge in [0.05, 0.1) is 5.02 Å². The first-order valence-corrected chi connectivity index (χ1v) is 5.81. The first kappa shape index (κ1) is 12.6. The van der Waals surface area contributed by atoms with Crippen molar-refractivity contribution in [1.82, 2.24) is 0 Å². The zero-order valence-electron chi connectivity index (χ0n) is 7.61. The SMILES string of the molecule is N[C@@H](CSc1ccc(Cl)cc1Cl)C(=O)O. The van der Waals surface area contributed by atoms with Crippen molar-refractivity contribution < 1.29 is 9.90 Å². The minimum absolute atomic E-state index is 0.274.